The standard InChI is InChI=1S/C17H17ClN2O4/c18-13-7-5-12(6-8-13)17(23)20-10-9-19-16(22)11-24-15-4-2-1-3-14(15)21/h1-8,21H,9-11H2,(H,19,22)(H,20,23). The van der Waals surface area contributed by atoms with Gasteiger partial charge in [-0.1, -0.05) is 23.7 Å². The Morgan fingerprint density at radius 1 is 1.00 bits per heavy atom. The Morgan fingerprint density at radius 2 is 1.67 bits per heavy atom. The van der Waals surface area contributed by atoms with Crippen LogP contribution in [0.5, 0.6) is 11.5 Å². The van der Waals surface area contributed by atoms with Crippen LogP contribution in [-0.4, -0.2) is 36.6 Å². The molecule has 2 rings (SSSR count). The maximum atomic E-state index is 11.8. The third kappa shape index (κ3) is 5.48. The van der Waals surface area contributed by atoms with Gasteiger partial charge in [0, 0.05) is 23.7 Å². The van der Waals surface area contributed by atoms with Crippen LogP contribution in [0, 0.1) is 0 Å². The number of benzene rings is 2. The van der Waals surface area contributed by atoms with Gasteiger partial charge in [-0.3, -0.25) is 9.59 Å². The SMILES string of the molecule is O=C(COc1ccccc1O)NCCNC(=O)c1ccc(Cl)cc1. The molecule has 0 saturated heterocycles. The van der Waals surface area contributed by atoms with Crippen molar-refractivity contribution in [2.24, 2.45) is 0 Å². The number of aromatic hydroxyl groups is 1. The average Bonchev–Trinajstić information content (AvgIpc) is 2.58. The molecule has 6 nitrogen and oxygen atoms in total. The molecule has 2 aromatic rings. The molecule has 24 heavy (non-hydrogen) atoms. The fraction of sp³-hybridized carbons (Fsp3) is 0.176. The number of halogens is 1. The second-order valence-electron chi connectivity index (χ2n) is 4.87. The fourth-order valence-electron chi connectivity index (χ4n) is 1.85. The van der Waals surface area contributed by atoms with Crippen molar-refractivity contribution in [3.63, 3.8) is 0 Å². The van der Waals surface area contributed by atoms with Crippen LogP contribution in [0.4, 0.5) is 0 Å². The van der Waals surface area contributed by atoms with Crippen LogP contribution in [0.2, 0.25) is 5.02 Å². The van der Waals surface area contributed by atoms with Crippen molar-refractivity contribution >= 4 is 23.4 Å². The number of phenolic OH excluding ortho intramolecular Hbond substituents is 1. The van der Waals surface area contributed by atoms with Crippen molar-refractivity contribution in [2.45, 2.75) is 0 Å². The van der Waals surface area contributed by atoms with E-state index in [0.29, 0.717) is 10.6 Å². The topological polar surface area (TPSA) is 87.7 Å². The smallest absolute Gasteiger partial charge is 0.258 e. The van der Waals surface area contributed by atoms with Crippen LogP contribution in [0.15, 0.2) is 48.5 Å². The molecule has 0 aliphatic rings. The van der Waals surface area contributed by atoms with E-state index in [1.807, 2.05) is 0 Å². The number of amides is 2. The van der Waals surface area contributed by atoms with E-state index < -0.39 is 0 Å². The van der Waals surface area contributed by atoms with E-state index >= 15 is 0 Å². The maximum Gasteiger partial charge on any atom is 0.258 e. The van der Waals surface area contributed by atoms with Gasteiger partial charge in [0.25, 0.3) is 11.8 Å². The van der Waals surface area contributed by atoms with Crippen molar-refractivity contribution < 1.29 is 19.4 Å². The number of ether oxygens (including phenoxy) is 1. The first-order valence-corrected chi connectivity index (χ1v) is 7.65. The minimum Gasteiger partial charge on any atom is -0.504 e. The highest BCUT2D eigenvalue weighted by atomic mass is 35.5. The number of hydrogen-bond donors (Lipinski definition) is 3. The molecule has 0 bridgehead atoms. The highest BCUT2D eigenvalue weighted by molar-refractivity contribution is 6.30. The van der Waals surface area contributed by atoms with E-state index in [0.717, 1.165) is 0 Å². The van der Waals surface area contributed by atoms with Gasteiger partial charge in [0.2, 0.25) is 0 Å². The molecule has 126 valence electrons. The Balaban J connectivity index is 1.65. The largest absolute Gasteiger partial charge is 0.504 e. The van der Waals surface area contributed by atoms with Gasteiger partial charge in [0.05, 0.1) is 0 Å². The van der Waals surface area contributed by atoms with E-state index in [1.165, 1.54) is 6.07 Å². The molecular formula is C17H17ClN2O4. The summed E-state index contributed by atoms with van der Waals surface area (Å²) in [6.45, 7) is 0.328. The molecule has 7 heteroatoms. The summed E-state index contributed by atoms with van der Waals surface area (Å²) in [4.78, 5) is 23.5. The first-order chi connectivity index (χ1) is 11.6. The zero-order valence-corrected chi connectivity index (χ0v) is 13.5. The molecule has 0 spiro atoms. The van der Waals surface area contributed by atoms with E-state index in [-0.39, 0.29) is 43.0 Å². The first kappa shape index (κ1) is 17.6. The number of phenols is 1. The molecular weight excluding hydrogens is 332 g/mol. The molecule has 0 aliphatic heterocycles. The third-order valence-corrected chi connectivity index (χ3v) is 3.32. The Kier molecular flexibility index (Phi) is 6.45. The lowest BCUT2D eigenvalue weighted by Crippen LogP contribution is -2.36. The summed E-state index contributed by atoms with van der Waals surface area (Å²) in [6, 6.07) is 12.9. The molecule has 0 fully saturated rings. The molecule has 0 atom stereocenters. The molecule has 0 aromatic heterocycles. The lowest BCUT2D eigenvalue weighted by atomic mass is 10.2. The summed E-state index contributed by atoms with van der Waals surface area (Å²) in [5.74, 6) is -0.380. The number of para-hydroxylation sites is 2. The van der Waals surface area contributed by atoms with Gasteiger partial charge in [-0.05, 0) is 36.4 Å². The van der Waals surface area contributed by atoms with Crippen molar-refractivity contribution in [3.05, 3.63) is 59.1 Å². The number of rotatable bonds is 7. The second-order valence-corrected chi connectivity index (χ2v) is 5.31. The lowest BCUT2D eigenvalue weighted by molar-refractivity contribution is -0.123. The van der Waals surface area contributed by atoms with E-state index in [9.17, 15) is 14.7 Å². The Labute approximate surface area is 144 Å². The predicted octanol–water partition coefficient (Wildman–Crippen LogP) is 1.97. The minimum absolute atomic E-state index is 0.0273. The van der Waals surface area contributed by atoms with Crippen LogP contribution in [0.1, 0.15) is 10.4 Å². The number of carbonyl (C=O) groups excluding carboxylic acids is 2. The lowest BCUT2D eigenvalue weighted by Gasteiger charge is -2.09. The van der Waals surface area contributed by atoms with Crippen molar-refractivity contribution in [2.75, 3.05) is 19.7 Å². The summed E-state index contributed by atoms with van der Waals surface area (Å²) in [5.41, 5.74) is 0.494. The van der Waals surface area contributed by atoms with E-state index in [2.05, 4.69) is 10.6 Å². The highest BCUT2D eigenvalue weighted by Crippen LogP contribution is 2.23. The normalized spacial score (nSPS) is 10.0. The van der Waals surface area contributed by atoms with Crippen LogP contribution >= 0.6 is 11.6 Å². The summed E-state index contributed by atoms with van der Waals surface area (Å²) in [5, 5.41) is 15.4. The monoisotopic (exact) mass is 348 g/mol. The van der Waals surface area contributed by atoms with Crippen LogP contribution < -0.4 is 15.4 Å². The summed E-state index contributed by atoms with van der Waals surface area (Å²) < 4.78 is 5.20. The molecule has 3 N–H and O–H groups in total. The fourth-order valence-corrected chi connectivity index (χ4v) is 1.98. The second kappa shape index (κ2) is 8.79. The van der Waals surface area contributed by atoms with E-state index in [4.69, 9.17) is 16.3 Å². The van der Waals surface area contributed by atoms with Gasteiger partial charge in [-0.2, -0.15) is 0 Å². The van der Waals surface area contributed by atoms with Crippen LogP contribution in [0.25, 0.3) is 0 Å². The predicted molar refractivity (Wildman–Crippen MR) is 90.4 cm³/mol. The van der Waals surface area contributed by atoms with Crippen molar-refractivity contribution in [1.82, 2.24) is 10.6 Å². The maximum absolute atomic E-state index is 11.8. The number of carbonyl (C=O) groups is 2. The summed E-state index contributed by atoms with van der Waals surface area (Å²) in [7, 11) is 0. The zero-order valence-electron chi connectivity index (χ0n) is 12.8. The van der Waals surface area contributed by atoms with Crippen LogP contribution in [-0.2, 0) is 4.79 Å². The number of hydrogen-bond acceptors (Lipinski definition) is 4. The summed E-state index contributed by atoms with van der Waals surface area (Å²) >= 11 is 5.76. The van der Waals surface area contributed by atoms with Crippen molar-refractivity contribution in [3.8, 4) is 11.5 Å². The highest BCUT2D eigenvalue weighted by Gasteiger charge is 2.07. The Morgan fingerprint density at radius 3 is 2.38 bits per heavy atom. The minimum atomic E-state index is -0.348. The molecule has 2 aromatic carbocycles. The summed E-state index contributed by atoms with van der Waals surface area (Å²) in [6.07, 6.45) is 0. The molecule has 0 aliphatic carbocycles. The molecule has 0 saturated carbocycles. The Hall–Kier alpha value is -2.73. The van der Waals surface area contributed by atoms with Gasteiger partial charge in [-0.25, -0.2) is 0 Å². The molecule has 0 heterocycles. The number of nitrogens with one attached hydrogen (secondary N) is 2. The molecule has 0 radical (unpaired) electrons. The third-order valence-electron chi connectivity index (χ3n) is 3.06. The van der Waals surface area contributed by atoms with Gasteiger partial charge in [0.1, 0.15) is 0 Å². The molecule has 0 unspecified atom stereocenters. The Bertz CT molecular complexity index is 704. The van der Waals surface area contributed by atoms with Gasteiger partial charge >= 0.3 is 0 Å². The van der Waals surface area contributed by atoms with Crippen LogP contribution in [0.3, 0.4) is 0 Å². The first-order valence-electron chi connectivity index (χ1n) is 7.27. The average molecular weight is 349 g/mol. The van der Waals surface area contributed by atoms with Crippen molar-refractivity contribution in [1.29, 1.82) is 0 Å². The quantitative estimate of drug-likeness (QED) is 0.668. The van der Waals surface area contributed by atoms with E-state index in [1.54, 1.807) is 42.5 Å². The molecule has 2 amide bonds. The van der Waals surface area contributed by atoms with Gasteiger partial charge < -0.3 is 20.5 Å². The van der Waals surface area contributed by atoms with Gasteiger partial charge in [-0.15, -0.1) is 0 Å². The zero-order chi connectivity index (χ0) is 17.4. The van der Waals surface area contributed by atoms with Gasteiger partial charge in [0.15, 0.2) is 18.1 Å².